The number of nitrogens with zero attached hydrogens (tertiary/aromatic N) is 3. The molecule has 0 aliphatic carbocycles. The number of aromatic nitrogens is 1. The fourth-order valence-electron chi connectivity index (χ4n) is 2.78. The molecule has 1 atom stereocenters. The van der Waals surface area contributed by atoms with Crippen LogP contribution in [0.3, 0.4) is 0 Å². The van der Waals surface area contributed by atoms with E-state index in [-0.39, 0.29) is 6.04 Å². The van der Waals surface area contributed by atoms with Crippen LogP contribution >= 0.6 is 27.3 Å². The average Bonchev–Trinajstić information content (AvgIpc) is 3.23. The summed E-state index contributed by atoms with van der Waals surface area (Å²) in [7, 11) is 0. The molecule has 5 heteroatoms. The second kappa shape index (κ2) is 6.26. The molecule has 1 aliphatic rings. The number of hydrogen-bond acceptors (Lipinski definition) is 4. The van der Waals surface area contributed by atoms with E-state index in [0.717, 1.165) is 27.2 Å². The summed E-state index contributed by atoms with van der Waals surface area (Å²) >= 11 is 5.34. The third-order valence-corrected chi connectivity index (χ3v) is 5.59. The Bertz CT molecular complexity index is 830. The van der Waals surface area contributed by atoms with Gasteiger partial charge in [-0.25, -0.2) is 0 Å². The Morgan fingerprint density at radius 3 is 2.48 bits per heavy atom. The maximum atomic E-state index is 4.91. The van der Waals surface area contributed by atoms with Crippen molar-refractivity contribution in [3.05, 3.63) is 81.2 Å². The maximum absolute atomic E-state index is 4.91. The summed E-state index contributed by atoms with van der Waals surface area (Å²) in [5, 5.41) is 7.04. The van der Waals surface area contributed by atoms with Gasteiger partial charge in [0.2, 0.25) is 0 Å². The molecule has 0 saturated carbocycles. The van der Waals surface area contributed by atoms with Gasteiger partial charge in [0.1, 0.15) is 0 Å². The summed E-state index contributed by atoms with van der Waals surface area (Å²) in [5.74, 6) is 0. The van der Waals surface area contributed by atoms with Gasteiger partial charge in [-0.05, 0) is 52.3 Å². The minimum atomic E-state index is 0.233. The van der Waals surface area contributed by atoms with E-state index < -0.39 is 0 Å². The minimum absolute atomic E-state index is 0.233. The van der Waals surface area contributed by atoms with Crippen LogP contribution in [0.1, 0.15) is 22.9 Å². The lowest BCUT2D eigenvalue weighted by Gasteiger charge is -2.22. The Labute approximate surface area is 147 Å². The van der Waals surface area contributed by atoms with Crippen molar-refractivity contribution in [1.29, 1.82) is 0 Å². The highest BCUT2D eigenvalue weighted by molar-refractivity contribution is 9.11. The number of hydrogen-bond donors (Lipinski definition) is 0. The van der Waals surface area contributed by atoms with Crippen LogP contribution in [0, 0.1) is 0 Å². The Morgan fingerprint density at radius 1 is 1.00 bits per heavy atom. The van der Waals surface area contributed by atoms with Gasteiger partial charge in [0.25, 0.3) is 0 Å². The van der Waals surface area contributed by atoms with Crippen LogP contribution < -0.4 is 5.01 Å². The van der Waals surface area contributed by atoms with E-state index in [0.29, 0.717) is 0 Å². The van der Waals surface area contributed by atoms with Gasteiger partial charge >= 0.3 is 0 Å². The van der Waals surface area contributed by atoms with Crippen molar-refractivity contribution >= 4 is 38.7 Å². The van der Waals surface area contributed by atoms with Gasteiger partial charge in [-0.1, -0.05) is 18.2 Å². The molecule has 1 aliphatic heterocycles. The van der Waals surface area contributed by atoms with Crippen LogP contribution in [0.2, 0.25) is 0 Å². The summed E-state index contributed by atoms with van der Waals surface area (Å²) in [4.78, 5) is 5.42. The van der Waals surface area contributed by atoms with E-state index >= 15 is 0 Å². The highest BCUT2D eigenvalue weighted by Crippen LogP contribution is 2.40. The molecule has 2 aromatic heterocycles. The minimum Gasteiger partial charge on any atom is -0.265 e. The number of pyridine rings is 1. The lowest BCUT2D eigenvalue weighted by molar-refractivity contribution is 0.722. The topological polar surface area (TPSA) is 28.5 Å². The first kappa shape index (κ1) is 14.6. The Hall–Kier alpha value is -1.98. The van der Waals surface area contributed by atoms with E-state index in [4.69, 9.17) is 5.10 Å². The lowest BCUT2D eigenvalue weighted by atomic mass is 10.0. The number of benzene rings is 1. The zero-order valence-electron chi connectivity index (χ0n) is 12.3. The van der Waals surface area contributed by atoms with Crippen LogP contribution in [0.4, 0.5) is 5.69 Å². The van der Waals surface area contributed by atoms with Crippen molar-refractivity contribution in [3.63, 3.8) is 0 Å². The van der Waals surface area contributed by atoms with Gasteiger partial charge in [-0.2, -0.15) is 5.10 Å². The molecule has 4 rings (SSSR count). The van der Waals surface area contributed by atoms with E-state index in [1.54, 1.807) is 11.3 Å². The van der Waals surface area contributed by atoms with Crippen LogP contribution in [0.5, 0.6) is 0 Å². The van der Waals surface area contributed by atoms with Crippen LogP contribution in [0.15, 0.2) is 75.9 Å². The Balaban J connectivity index is 1.75. The first-order chi connectivity index (χ1) is 11.3. The number of anilines is 1. The van der Waals surface area contributed by atoms with Gasteiger partial charge in [-0.15, -0.1) is 11.3 Å². The molecule has 0 amide bonds. The second-order valence-corrected chi connectivity index (χ2v) is 7.82. The van der Waals surface area contributed by atoms with Crippen LogP contribution in [-0.4, -0.2) is 10.7 Å². The maximum Gasteiger partial charge on any atom is 0.0924 e. The molecule has 3 heterocycles. The monoisotopic (exact) mass is 383 g/mol. The van der Waals surface area contributed by atoms with E-state index in [9.17, 15) is 0 Å². The van der Waals surface area contributed by atoms with Gasteiger partial charge in [0.15, 0.2) is 0 Å². The molecule has 23 heavy (non-hydrogen) atoms. The van der Waals surface area contributed by atoms with Crippen molar-refractivity contribution in [2.75, 3.05) is 5.01 Å². The normalized spacial score (nSPS) is 17.3. The predicted octanol–water partition coefficient (Wildman–Crippen LogP) is 5.26. The molecular formula is C18H14BrN3S. The van der Waals surface area contributed by atoms with Gasteiger partial charge in [-0.3, -0.25) is 9.99 Å². The molecular weight excluding hydrogens is 370 g/mol. The number of halogens is 1. The van der Waals surface area contributed by atoms with E-state index in [2.05, 4.69) is 62.3 Å². The lowest BCUT2D eigenvalue weighted by Crippen LogP contribution is -2.17. The molecule has 3 nitrogen and oxygen atoms in total. The van der Waals surface area contributed by atoms with Crippen LogP contribution in [-0.2, 0) is 0 Å². The highest BCUT2D eigenvalue weighted by Gasteiger charge is 2.30. The quantitative estimate of drug-likeness (QED) is 0.616. The summed E-state index contributed by atoms with van der Waals surface area (Å²) in [6.45, 7) is 0. The summed E-state index contributed by atoms with van der Waals surface area (Å²) in [6.07, 6.45) is 4.53. The van der Waals surface area contributed by atoms with E-state index in [1.807, 2.05) is 30.6 Å². The molecule has 0 bridgehead atoms. The molecule has 3 aromatic rings. The van der Waals surface area contributed by atoms with Crippen molar-refractivity contribution in [3.8, 4) is 0 Å². The predicted molar refractivity (Wildman–Crippen MR) is 99.1 cm³/mol. The van der Waals surface area contributed by atoms with E-state index in [1.165, 1.54) is 4.88 Å². The first-order valence-corrected chi connectivity index (χ1v) is 8.99. The molecule has 0 unspecified atom stereocenters. The second-order valence-electron chi connectivity index (χ2n) is 5.32. The number of thiophene rings is 1. The fraction of sp³-hybridized carbons (Fsp3) is 0.111. The fourth-order valence-corrected chi connectivity index (χ4v) is 4.29. The SMILES string of the molecule is Brc1ccc([C@@H]2CC(c3ccncc3)=NN2c2ccccc2)s1. The highest BCUT2D eigenvalue weighted by atomic mass is 79.9. The van der Waals surface area contributed by atoms with Crippen LogP contribution in [0.25, 0.3) is 0 Å². The summed E-state index contributed by atoms with van der Waals surface area (Å²) in [5.41, 5.74) is 3.36. The third-order valence-electron chi connectivity index (χ3n) is 3.87. The molecule has 0 fully saturated rings. The standard InChI is InChI=1S/C18H14BrN3S/c19-18-7-6-17(23-18)16-12-15(13-8-10-20-11-9-13)21-22(16)14-4-2-1-3-5-14/h1-11,16H,12H2/t16-/m0/s1. The molecule has 0 N–H and O–H groups in total. The van der Waals surface area contributed by atoms with Gasteiger partial charge in [0, 0.05) is 29.3 Å². The van der Waals surface area contributed by atoms with Gasteiger partial charge < -0.3 is 0 Å². The van der Waals surface area contributed by atoms with Crippen molar-refractivity contribution in [2.45, 2.75) is 12.5 Å². The molecule has 114 valence electrons. The Kier molecular flexibility index (Phi) is 3.97. The summed E-state index contributed by atoms with van der Waals surface area (Å²) in [6, 6.07) is 18.9. The van der Waals surface area contributed by atoms with Crippen molar-refractivity contribution in [1.82, 2.24) is 4.98 Å². The Morgan fingerprint density at radius 2 is 1.78 bits per heavy atom. The van der Waals surface area contributed by atoms with Crippen molar-refractivity contribution in [2.24, 2.45) is 5.10 Å². The number of rotatable bonds is 3. The largest absolute Gasteiger partial charge is 0.265 e. The third kappa shape index (κ3) is 2.94. The molecule has 1 aromatic carbocycles. The first-order valence-electron chi connectivity index (χ1n) is 7.38. The average molecular weight is 384 g/mol. The van der Waals surface area contributed by atoms with Gasteiger partial charge in [0.05, 0.1) is 21.2 Å². The smallest absolute Gasteiger partial charge is 0.0924 e. The number of para-hydroxylation sites is 1. The van der Waals surface area contributed by atoms with Crippen molar-refractivity contribution < 1.29 is 0 Å². The summed E-state index contributed by atoms with van der Waals surface area (Å²) < 4.78 is 1.15. The number of hydrazone groups is 1. The molecule has 0 radical (unpaired) electrons. The molecule has 0 saturated heterocycles. The zero-order chi connectivity index (χ0) is 15.6. The molecule has 0 spiro atoms. The zero-order valence-corrected chi connectivity index (χ0v) is 14.7.